The Morgan fingerprint density at radius 2 is 1.90 bits per heavy atom. The highest BCUT2D eigenvalue weighted by molar-refractivity contribution is 7.89. The number of methoxy groups -OCH3 is 1. The highest BCUT2D eigenvalue weighted by Gasteiger charge is 2.16. The van der Waals surface area contributed by atoms with E-state index in [4.69, 9.17) is 10.5 Å². The largest absolute Gasteiger partial charge is 0.497 e. The van der Waals surface area contributed by atoms with Crippen molar-refractivity contribution in [2.45, 2.75) is 11.4 Å². The van der Waals surface area contributed by atoms with Crippen LogP contribution in [0.1, 0.15) is 5.56 Å². The van der Waals surface area contributed by atoms with Gasteiger partial charge in [0.05, 0.1) is 12.8 Å². The summed E-state index contributed by atoms with van der Waals surface area (Å²) in [7, 11) is -2.06. The van der Waals surface area contributed by atoms with Gasteiger partial charge in [-0.3, -0.25) is 0 Å². The van der Waals surface area contributed by atoms with Gasteiger partial charge in [-0.2, -0.15) is 0 Å². The van der Waals surface area contributed by atoms with Gasteiger partial charge in [0.15, 0.2) is 0 Å². The van der Waals surface area contributed by atoms with Gasteiger partial charge in [-0.15, -0.1) is 0 Å². The predicted octanol–water partition coefficient (Wildman–Crippen LogP) is 1.76. The fourth-order valence-electron chi connectivity index (χ4n) is 1.76. The lowest BCUT2D eigenvalue weighted by molar-refractivity contribution is 0.414. The monoisotopic (exact) mass is 292 g/mol. The number of nitrogen functional groups attached to an aromatic ring is 1. The van der Waals surface area contributed by atoms with E-state index in [1.54, 1.807) is 43.5 Å². The van der Waals surface area contributed by atoms with Crippen LogP contribution in [0.5, 0.6) is 5.75 Å². The highest BCUT2D eigenvalue weighted by atomic mass is 32.2. The molecule has 0 radical (unpaired) electrons. The Hall–Kier alpha value is -2.05. The lowest BCUT2D eigenvalue weighted by Gasteiger charge is -2.09. The van der Waals surface area contributed by atoms with E-state index >= 15 is 0 Å². The van der Waals surface area contributed by atoms with E-state index in [0.29, 0.717) is 5.75 Å². The molecule has 0 aromatic heterocycles. The smallest absolute Gasteiger partial charge is 0.242 e. The Morgan fingerprint density at radius 1 is 1.15 bits per heavy atom. The summed E-state index contributed by atoms with van der Waals surface area (Å²) in [4.78, 5) is 0.0860. The van der Waals surface area contributed by atoms with Crippen molar-refractivity contribution in [3.8, 4) is 5.75 Å². The molecule has 0 bridgehead atoms. The van der Waals surface area contributed by atoms with E-state index in [1.807, 2.05) is 6.07 Å². The van der Waals surface area contributed by atoms with Gasteiger partial charge in [-0.25, -0.2) is 13.1 Å². The number of ether oxygens (including phenoxy) is 1. The molecule has 2 aromatic rings. The summed E-state index contributed by atoms with van der Waals surface area (Å²) < 4.78 is 31.9. The molecular formula is C14H16N2O3S. The van der Waals surface area contributed by atoms with Crippen LogP contribution in [-0.2, 0) is 16.6 Å². The summed E-state index contributed by atoms with van der Waals surface area (Å²) in [6, 6.07) is 13.6. The third kappa shape index (κ3) is 3.28. The van der Waals surface area contributed by atoms with E-state index in [2.05, 4.69) is 4.72 Å². The molecule has 0 fully saturated rings. The zero-order valence-corrected chi connectivity index (χ0v) is 11.9. The van der Waals surface area contributed by atoms with Crippen molar-refractivity contribution in [1.29, 1.82) is 0 Å². The van der Waals surface area contributed by atoms with Gasteiger partial charge in [0.25, 0.3) is 0 Å². The van der Waals surface area contributed by atoms with Crippen LogP contribution in [0.3, 0.4) is 0 Å². The van der Waals surface area contributed by atoms with E-state index < -0.39 is 10.0 Å². The lowest BCUT2D eigenvalue weighted by Crippen LogP contribution is -2.24. The van der Waals surface area contributed by atoms with Gasteiger partial charge in [0.1, 0.15) is 10.6 Å². The quantitative estimate of drug-likeness (QED) is 0.823. The summed E-state index contributed by atoms with van der Waals surface area (Å²) in [5.41, 5.74) is 6.72. The minimum Gasteiger partial charge on any atom is -0.497 e. The second-order valence-corrected chi connectivity index (χ2v) is 5.95. The SMILES string of the molecule is COc1cccc(CNS(=O)(=O)c2ccccc2N)c1. The third-order valence-electron chi connectivity index (χ3n) is 2.81. The minimum atomic E-state index is -3.62. The Balaban J connectivity index is 2.15. The summed E-state index contributed by atoms with van der Waals surface area (Å²) >= 11 is 0. The van der Waals surface area contributed by atoms with Crippen LogP contribution in [0.4, 0.5) is 5.69 Å². The molecule has 2 aromatic carbocycles. The lowest BCUT2D eigenvalue weighted by atomic mass is 10.2. The fraction of sp³-hybridized carbons (Fsp3) is 0.143. The zero-order chi connectivity index (χ0) is 14.6. The summed E-state index contributed by atoms with van der Waals surface area (Å²) in [6.07, 6.45) is 0. The van der Waals surface area contributed by atoms with Crippen LogP contribution in [0.2, 0.25) is 0 Å². The first-order valence-electron chi connectivity index (χ1n) is 6.00. The zero-order valence-electron chi connectivity index (χ0n) is 11.0. The van der Waals surface area contributed by atoms with E-state index in [0.717, 1.165) is 5.56 Å². The average molecular weight is 292 g/mol. The number of para-hydroxylation sites is 1. The van der Waals surface area contributed by atoms with Crippen molar-refractivity contribution in [2.24, 2.45) is 0 Å². The molecule has 0 aliphatic rings. The van der Waals surface area contributed by atoms with Crippen LogP contribution in [0.15, 0.2) is 53.4 Å². The number of nitrogens with two attached hydrogens (primary N) is 1. The molecule has 106 valence electrons. The minimum absolute atomic E-state index is 0.0860. The van der Waals surface area contributed by atoms with Crippen molar-refractivity contribution in [3.63, 3.8) is 0 Å². The molecule has 0 amide bonds. The number of hydrogen-bond acceptors (Lipinski definition) is 4. The van der Waals surface area contributed by atoms with Gasteiger partial charge in [0, 0.05) is 6.54 Å². The molecule has 20 heavy (non-hydrogen) atoms. The third-order valence-corrected chi connectivity index (χ3v) is 4.28. The average Bonchev–Trinajstić information content (AvgIpc) is 2.46. The number of anilines is 1. The maximum atomic E-state index is 12.2. The second-order valence-electron chi connectivity index (χ2n) is 4.21. The highest BCUT2D eigenvalue weighted by Crippen LogP contribution is 2.18. The van der Waals surface area contributed by atoms with Crippen LogP contribution in [0.25, 0.3) is 0 Å². The molecule has 3 N–H and O–H groups in total. The summed E-state index contributed by atoms with van der Waals surface area (Å²) in [6.45, 7) is 0.174. The Bertz CT molecular complexity index is 699. The van der Waals surface area contributed by atoms with Crippen molar-refractivity contribution in [2.75, 3.05) is 12.8 Å². The molecule has 5 nitrogen and oxygen atoms in total. The first-order chi connectivity index (χ1) is 9.53. The van der Waals surface area contributed by atoms with Crippen LogP contribution >= 0.6 is 0 Å². The van der Waals surface area contributed by atoms with Gasteiger partial charge in [0.2, 0.25) is 10.0 Å². The Morgan fingerprint density at radius 3 is 2.60 bits per heavy atom. The van der Waals surface area contributed by atoms with Crippen LogP contribution < -0.4 is 15.2 Å². The number of sulfonamides is 1. The summed E-state index contributed by atoms with van der Waals surface area (Å²) in [5.74, 6) is 0.681. The topological polar surface area (TPSA) is 81.4 Å². The molecule has 0 spiro atoms. The maximum absolute atomic E-state index is 12.2. The van der Waals surface area contributed by atoms with E-state index in [-0.39, 0.29) is 17.1 Å². The molecule has 0 atom stereocenters. The molecule has 0 saturated carbocycles. The molecule has 0 aliphatic heterocycles. The van der Waals surface area contributed by atoms with E-state index in [9.17, 15) is 8.42 Å². The van der Waals surface area contributed by atoms with E-state index in [1.165, 1.54) is 6.07 Å². The normalized spacial score (nSPS) is 11.2. The molecule has 0 saturated heterocycles. The summed E-state index contributed by atoms with van der Waals surface area (Å²) in [5, 5.41) is 0. The van der Waals surface area contributed by atoms with Gasteiger partial charge in [-0.05, 0) is 29.8 Å². The van der Waals surface area contributed by atoms with Crippen molar-refractivity contribution in [1.82, 2.24) is 4.72 Å². The van der Waals surface area contributed by atoms with Crippen LogP contribution in [0, 0.1) is 0 Å². The predicted molar refractivity (Wildman–Crippen MR) is 77.9 cm³/mol. The standard InChI is InChI=1S/C14H16N2O3S/c1-19-12-6-4-5-11(9-12)10-16-20(17,18)14-8-3-2-7-13(14)15/h2-9,16H,10,15H2,1H3. The number of benzene rings is 2. The first-order valence-corrected chi connectivity index (χ1v) is 7.48. The number of nitrogens with one attached hydrogen (secondary N) is 1. The first kappa shape index (κ1) is 14.4. The Kier molecular flexibility index (Phi) is 4.26. The maximum Gasteiger partial charge on any atom is 0.242 e. The van der Waals surface area contributed by atoms with Gasteiger partial charge >= 0.3 is 0 Å². The second kappa shape index (κ2) is 5.94. The number of hydrogen-bond donors (Lipinski definition) is 2. The van der Waals surface area contributed by atoms with Crippen LogP contribution in [-0.4, -0.2) is 15.5 Å². The van der Waals surface area contributed by atoms with Crippen molar-refractivity contribution in [3.05, 3.63) is 54.1 Å². The van der Waals surface area contributed by atoms with Crippen molar-refractivity contribution >= 4 is 15.7 Å². The molecule has 0 heterocycles. The van der Waals surface area contributed by atoms with Gasteiger partial charge < -0.3 is 10.5 Å². The number of rotatable bonds is 5. The fourth-order valence-corrected chi connectivity index (χ4v) is 2.91. The molecule has 0 unspecified atom stereocenters. The molecule has 2 rings (SSSR count). The molecule has 0 aliphatic carbocycles. The molecule has 6 heteroatoms. The van der Waals surface area contributed by atoms with Crippen molar-refractivity contribution < 1.29 is 13.2 Å². The molecular weight excluding hydrogens is 276 g/mol. The Labute approximate surface area is 118 Å². The van der Waals surface area contributed by atoms with Gasteiger partial charge in [-0.1, -0.05) is 24.3 Å².